The summed E-state index contributed by atoms with van der Waals surface area (Å²) < 4.78 is 5.93. The fourth-order valence-electron chi connectivity index (χ4n) is 3.22. The van der Waals surface area contributed by atoms with E-state index >= 15 is 0 Å². The highest BCUT2D eigenvalue weighted by Crippen LogP contribution is 2.33. The first-order valence-electron chi connectivity index (χ1n) is 9.19. The van der Waals surface area contributed by atoms with Crippen LogP contribution in [0.25, 0.3) is 22.6 Å². The van der Waals surface area contributed by atoms with Gasteiger partial charge in [-0.15, -0.1) is 0 Å². The third kappa shape index (κ3) is 3.27. The molecule has 0 atom stereocenters. The van der Waals surface area contributed by atoms with E-state index in [0.717, 1.165) is 22.3 Å². The van der Waals surface area contributed by atoms with Crippen molar-refractivity contribution in [2.24, 2.45) is 0 Å². The average Bonchev–Trinajstić information content (AvgIpc) is 3.20. The maximum absolute atomic E-state index is 6.05. The lowest BCUT2D eigenvalue weighted by Crippen LogP contribution is -2.15. The van der Waals surface area contributed by atoms with E-state index in [4.69, 9.17) is 10.2 Å². The minimum Gasteiger partial charge on any atom is -0.453 e. The van der Waals surface area contributed by atoms with E-state index in [1.54, 1.807) is 0 Å². The van der Waals surface area contributed by atoms with Gasteiger partial charge >= 0.3 is 0 Å². The van der Waals surface area contributed by atoms with Crippen LogP contribution in [0.3, 0.4) is 0 Å². The van der Waals surface area contributed by atoms with Crippen molar-refractivity contribution in [1.82, 2.24) is 15.0 Å². The molecule has 3 aromatic carbocycles. The molecule has 6 heteroatoms. The molecular formula is C23H17N5O. The van der Waals surface area contributed by atoms with Gasteiger partial charge in [-0.05, 0) is 36.4 Å². The molecule has 2 heterocycles. The lowest BCUT2D eigenvalue weighted by Gasteiger charge is -2.23. The van der Waals surface area contributed by atoms with Crippen LogP contribution in [0.15, 0.2) is 95.4 Å². The summed E-state index contributed by atoms with van der Waals surface area (Å²) in [6, 6.07) is 29.5. The Bertz CT molecular complexity index is 1200. The van der Waals surface area contributed by atoms with Gasteiger partial charge < -0.3 is 10.2 Å². The van der Waals surface area contributed by atoms with Crippen LogP contribution in [0.2, 0.25) is 0 Å². The highest BCUT2D eigenvalue weighted by molar-refractivity contribution is 5.82. The average molecular weight is 379 g/mol. The molecule has 0 amide bonds. The number of nitrogens with two attached hydrogens (primary N) is 1. The fraction of sp³-hybridized carbons (Fsp3) is 0. The molecule has 2 aromatic heterocycles. The normalized spacial score (nSPS) is 10.9. The minimum absolute atomic E-state index is 0.127. The molecule has 5 rings (SSSR count). The van der Waals surface area contributed by atoms with E-state index in [1.165, 1.54) is 0 Å². The van der Waals surface area contributed by atoms with Crippen molar-refractivity contribution in [3.05, 3.63) is 91.0 Å². The van der Waals surface area contributed by atoms with Crippen LogP contribution in [-0.4, -0.2) is 15.0 Å². The molecule has 2 N–H and O–H groups in total. The number of nitrogens with zero attached hydrogens (tertiary/aromatic N) is 4. The van der Waals surface area contributed by atoms with Crippen LogP contribution in [-0.2, 0) is 0 Å². The van der Waals surface area contributed by atoms with Crippen molar-refractivity contribution < 1.29 is 4.42 Å². The maximum Gasteiger partial charge on any atom is 0.240 e. The minimum atomic E-state index is 0.127. The molecule has 0 unspecified atom stereocenters. The molecule has 0 radical (unpaired) electrons. The molecule has 0 aliphatic rings. The smallest absolute Gasteiger partial charge is 0.240 e. The van der Waals surface area contributed by atoms with Gasteiger partial charge in [0.15, 0.2) is 5.76 Å². The van der Waals surface area contributed by atoms with Gasteiger partial charge in [-0.25, -0.2) is 0 Å². The summed E-state index contributed by atoms with van der Waals surface area (Å²) >= 11 is 0. The maximum atomic E-state index is 6.05. The van der Waals surface area contributed by atoms with Gasteiger partial charge in [0, 0.05) is 16.8 Å². The number of aromatic nitrogens is 3. The van der Waals surface area contributed by atoms with E-state index in [1.807, 2.05) is 95.9 Å². The molecule has 140 valence electrons. The monoisotopic (exact) mass is 379 g/mol. The molecule has 29 heavy (non-hydrogen) atoms. The van der Waals surface area contributed by atoms with Crippen molar-refractivity contribution in [2.75, 3.05) is 10.6 Å². The summed E-state index contributed by atoms with van der Waals surface area (Å²) in [5, 5.41) is 0.978. The molecule has 0 aliphatic carbocycles. The van der Waals surface area contributed by atoms with E-state index in [2.05, 4.69) is 15.0 Å². The molecule has 5 aromatic rings. The van der Waals surface area contributed by atoms with Crippen LogP contribution in [0.1, 0.15) is 0 Å². The van der Waals surface area contributed by atoms with E-state index < -0.39 is 0 Å². The number of anilines is 4. The Morgan fingerprint density at radius 1 is 0.690 bits per heavy atom. The van der Waals surface area contributed by atoms with Crippen LogP contribution < -0.4 is 10.6 Å². The van der Waals surface area contributed by atoms with Crippen molar-refractivity contribution in [3.8, 4) is 11.6 Å². The number of hydrogen-bond donors (Lipinski definition) is 1. The van der Waals surface area contributed by atoms with E-state index in [0.29, 0.717) is 17.5 Å². The number of benzene rings is 3. The third-order valence-corrected chi connectivity index (χ3v) is 4.52. The van der Waals surface area contributed by atoms with Crippen LogP contribution in [0.5, 0.6) is 0 Å². The van der Waals surface area contributed by atoms with Crippen molar-refractivity contribution in [2.45, 2.75) is 0 Å². The quantitative estimate of drug-likeness (QED) is 0.454. The highest BCUT2D eigenvalue weighted by atomic mass is 16.3. The van der Waals surface area contributed by atoms with Gasteiger partial charge in [-0.3, -0.25) is 4.90 Å². The molecule has 0 fully saturated rings. The summed E-state index contributed by atoms with van der Waals surface area (Å²) in [7, 11) is 0. The summed E-state index contributed by atoms with van der Waals surface area (Å²) in [6.07, 6.45) is 0. The summed E-state index contributed by atoms with van der Waals surface area (Å²) in [4.78, 5) is 15.3. The zero-order chi connectivity index (χ0) is 19.6. The number of para-hydroxylation sites is 3. The molecule has 6 nitrogen and oxygen atoms in total. The molecule has 0 spiro atoms. The van der Waals surface area contributed by atoms with E-state index in [-0.39, 0.29) is 5.95 Å². The number of rotatable bonds is 4. The SMILES string of the molecule is Nc1nc(-c2cc3ccccc3o2)nc(N(c2ccccc2)c2ccccc2)n1. The van der Waals surface area contributed by atoms with Crippen molar-refractivity contribution >= 4 is 34.2 Å². The van der Waals surface area contributed by atoms with Gasteiger partial charge in [0.1, 0.15) is 5.58 Å². The Labute approximate surface area is 167 Å². The number of fused-ring (bicyclic) bond motifs is 1. The zero-order valence-electron chi connectivity index (χ0n) is 15.4. The first kappa shape index (κ1) is 16.9. The number of furan rings is 1. The second kappa shape index (κ2) is 7.09. The molecule has 0 saturated carbocycles. The van der Waals surface area contributed by atoms with Crippen molar-refractivity contribution in [1.29, 1.82) is 0 Å². The van der Waals surface area contributed by atoms with Gasteiger partial charge in [0.05, 0.1) is 0 Å². The lowest BCUT2D eigenvalue weighted by atomic mass is 10.2. The van der Waals surface area contributed by atoms with Gasteiger partial charge in [0.2, 0.25) is 17.7 Å². The lowest BCUT2D eigenvalue weighted by molar-refractivity contribution is 0.624. The predicted octanol–water partition coefficient (Wildman–Crippen LogP) is 5.34. The molecule has 0 saturated heterocycles. The van der Waals surface area contributed by atoms with Crippen LogP contribution in [0, 0.1) is 0 Å². The summed E-state index contributed by atoms with van der Waals surface area (Å²) in [5.74, 6) is 1.48. The van der Waals surface area contributed by atoms with E-state index in [9.17, 15) is 0 Å². The Morgan fingerprint density at radius 2 is 1.31 bits per heavy atom. The number of nitrogen functional groups attached to an aromatic ring is 1. The third-order valence-electron chi connectivity index (χ3n) is 4.52. The summed E-state index contributed by atoms with van der Waals surface area (Å²) in [6.45, 7) is 0. The largest absolute Gasteiger partial charge is 0.453 e. The zero-order valence-corrected chi connectivity index (χ0v) is 15.4. The highest BCUT2D eigenvalue weighted by Gasteiger charge is 2.19. The first-order chi connectivity index (χ1) is 14.3. The molecule has 0 aliphatic heterocycles. The Balaban J connectivity index is 1.67. The molecular weight excluding hydrogens is 362 g/mol. The molecule has 0 bridgehead atoms. The second-order valence-corrected chi connectivity index (χ2v) is 6.47. The Hall–Kier alpha value is -4.19. The topological polar surface area (TPSA) is 81.1 Å². The Morgan fingerprint density at radius 3 is 1.97 bits per heavy atom. The van der Waals surface area contributed by atoms with Crippen LogP contribution in [0.4, 0.5) is 23.3 Å². The van der Waals surface area contributed by atoms with Crippen LogP contribution >= 0.6 is 0 Å². The Kier molecular flexibility index (Phi) is 4.14. The first-order valence-corrected chi connectivity index (χ1v) is 9.19. The fourth-order valence-corrected chi connectivity index (χ4v) is 3.22. The van der Waals surface area contributed by atoms with Gasteiger partial charge in [-0.2, -0.15) is 15.0 Å². The second-order valence-electron chi connectivity index (χ2n) is 6.47. The van der Waals surface area contributed by atoms with Crippen molar-refractivity contribution in [3.63, 3.8) is 0 Å². The van der Waals surface area contributed by atoms with Gasteiger partial charge in [-0.1, -0.05) is 54.6 Å². The van der Waals surface area contributed by atoms with Gasteiger partial charge in [0.25, 0.3) is 0 Å². The number of hydrogen-bond acceptors (Lipinski definition) is 6. The standard InChI is InChI=1S/C23H17N5O/c24-22-25-21(20-15-16-9-7-8-14-19(16)29-20)26-23(27-22)28(17-10-3-1-4-11-17)18-12-5-2-6-13-18/h1-15H,(H2,24,25,26,27). The predicted molar refractivity (Wildman–Crippen MR) is 114 cm³/mol. The summed E-state index contributed by atoms with van der Waals surface area (Å²) in [5.41, 5.74) is 8.66.